The summed E-state index contributed by atoms with van der Waals surface area (Å²) in [6.07, 6.45) is 2.48. The van der Waals surface area contributed by atoms with E-state index in [-0.39, 0.29) is 0 Å². The van der Waals surface area contributed by atoms with Gasteiger partial charge in [0.2, 0.25) is 0 Å². The molecule has 0 spiro atoms. The van der Waals surface area contributed by atoms with Crippen LogP contribution in [0.2, 0.25) is 0 Å². The van der Waals surface area contributed by atoms with Crippen molar-refractivity contribution < 1.29 is 17.8 Å². The van der Waals surface area contributed by atoms with Gasteiger partial charge in [-0.25, -0.2) is 0 Å². The number of benzene rings is 1. The van der Waals surface area contributed by atoms with Crippen LogP contribution in [0.15, 0.2) is 30.3 Å². The molecule has 0 saturated carbocycles. The average molecular weight is 300 g/mol. The second kappa shape index (κ2) is 6.64. The van der Waals surface area contributed by atoms with Gasteiger partial charge in [0, 0.05) is 6.54 Å². The highest BCUT2D eigenvalue weighted by Crippen LogP contribution is 2.24. The first-order chi connectivity index (χ1) is 9.54. The van der Waals surface area contributed by atoms with E-state index in [1.807, 2.05) is 35.2 Å². The smallest absolute Gasteiger partial charge is 0.311 e. The first-order valence-electron chi connectivity index (χ1n) is 6.63. The minimum absolute atomic E-state index is 0.488. The molecule has 1 aliphatic heterocycles. The number of nitrogens with two attached hydrogens (primary N) is 1. The number of hydrogen-bond acceptors (Lipinski definition) is 6. The van der Waals surface area contributed by atoms with Gasteiger partial charge in [0.25, 0.3) is 0 Å². The van der Waals surface area contributed by atoms with Crippen molar-refractivity contribution in [3.8, 4) is 0 Å². The maximum atomic E-state index is 11.6. The molecule has 0 aromatic heterocycles. The Balaban J connectivity index is 2.13. The quantitative estimate of drug-likeness (QED) is 0.773. The number of likely N-dealkylation sites (tertiary alicyclic amines) is 1. The lowest BCUT2D eigenvalue weighted by atomic mass is 10.0. The van der Waals surface area contributed by atoms with Gasteiger partial charge in [-0.05, 0) is 24.9 Å². The molecule has 6 nitrogen and oxygen atoms in total. The molecule has 20 heavy (non-hydrogen) atoms. The number of rotatable bonds is 5. The number of nitrogens with zero attached hydrogens (tertiary/aromatic N) is 1. The summed E-state index contributed by atoms with van der Waals surface area (Å²) in [6, 6.07) is 9.27. The molecule has 0 amide bonds. The minimum atomic E-state index is -4.13. The van der Waals surface area contributed by atoms with Crippen molar-refractivity contribution in [1.29, 1.82) is 0 Å². The van der Waals surface area contributed by atoms with E-state index in [0.717, 1.165) is 24.9 Å². The summed E-state index contributed by atoms with van der Waals surface area (Å²) < 4.78 is 27.1. The SMILES string of the molecule is NOS(=O)(=O)C(O)[C@@H]1CCCCN1Cc1ccccc1. The molecule has 2 rings (SSSR count). The standard InChI is InChI=1S/C13H20N2O4S/c14-19-20(17,18)13(16)12-8-4-5-9-15(12)10-11-6-2-1-3-7-11/h1-3,6-7,12-13,16H,4-5,8-10,14H2/t12-,13?/m0/s1. The van der Waals surface area contributed by atoms with Crippen molar-refractivity contribution in [2.45, 2.75) is 37.3 Å². The Morgan fingerprint density at radius 3 is 2.70 bits per heavy atom. The van der Waals surface area contributed by atoms with E-state index in [1.165, 1.54) is 0 Å². The van der Waals surface area contributed by atoms with Gasteiger partial charge >= 0.3 is 10.1 Å². The van der Waals surface area contributed by atoms with Gasteiger partial charge in [-0.2, -0.15) is 18.6 Å². The maximum Gasteiger partial charge on any atom is 0.311 e. The molecule has 112 valence electrons. The zero-order chi connectivity index (χ0) is 14.6. The molecule has 1 heterocycles. The van der Waals surface area contributed by atoms with Gasteiger partial charge in [-0.3, -0.25) is 4.90 Å². The van der Waals surface area contributed by atoms with Crippen LogP contribution in [0.5, 0.6) is 0 Å². The van der Waals surface area contributed by atoms with Crippen molar-refractivity contribution in [3.63, 3.8) is 0 Å². The Morgan fingerprint density at radius 1 is 1.35 bits per heavy atom. The topological polar surface area (TPSA) is 92.9 Å². The van der Waals surface area contributed by atoms with Gasteiger partial charge in [-0.1, -0.05) is 36.8 Å². The van der Waals surface area contributed by atoms with E-state index in [4.69, 9.17) is 5.90 Å². The van der Waals surface area contributed by atoms with Crippen molar-refractivity contribution in [1.82, 2.24) is 4.90 Å². The molecule has 0 aliphatic carbocycles. The molecule has 1 unspecified atom stereocenters. The van der Waals surface area contributed by atoms with E-state index in [1.54, 1.807) is 0 Å². The highest BCUT2D eigenvalue weighted by molar-refractivity contribution is 7.87. The third kappa shape index (κ3) is 3.56. The third-order valence-corrected chi connectivity index (χ3v) is 4.83. The van der Waals surface area contributed by atoms with Gasteiger partial charge in [-0.15, -0.1) is 0 Å². The zero-order valence-electron chi connectivity index (χ0n) is 11.2. The van der Waals surface area contributed by atoms with E-state index in [0.29, 0.717) is 13.0 Å². The second-order valence-electron chi connectivity index (χ2n) is 5.00. The fourth-order valence-corrected chi connectivity index (χ4v) is 3.41. The van der Waals surface area contributed by atoms with Gasteiger partial charge < -0.3 is 5.11 Å². The molecule has 1 aromatic rings. The fraction of sp³-hybridized carbons (Fsp3) is 0.538. The molecule has 1 fully saturated rings. The predicted molar refractivity (Wildman–Crippen MR) is 74.7 cm³/mol. The summed E-state index contributed by atoms with van der Waals surface area (Å²) in [4.78, 5) is 1.97. The van der Waals surface area contributed by atoms with Crippen molar-refractivity contribution in [2.75, 3.05) is 6.54 Å². The Bertz CT molecular complexity index is 520. The van der Waals surface area contributed by atoms with Crippen molar-refractivity contribution in [2.24, 2.45) is 5.90 Å². The van der Waals surface area contributed by atoms with Crippen LogP contribution in [0.1, 0.15) is 24.8 Å². The molecular formula is C13H20N2O4S. The van der Waals surface area contributed by atoms with E-state index < -0.39 is 21.6 Å². The third-order valence-electron chi connectivity index (χ3n) is 3.65. The Hall–Kier alpha value is -0.990. The van der Waals surface area contributed by atoms with Crippen molar-refractivity contribution in [3.05, 3.63) is 35.9 Å². The number of hydrogen-bond donors (Lipinski definition) is 2. The van der Waals surface area contributed by atoms with Crippen LogP contribution in [-0.4, -0.2) is 36.4 Å². The van der Waals surface area contributed by atoms with Crippen LogP contribution in [-0.2, 0) is 20.9 Å². The molecule has 3 N–H and O–H groups in total. The maximum absolute atomic E-state index is 11.6. The summed E-state index contributed by atoms with van der Waals surface area (Å²) >= 11 is 0. The van der Waals surface area contributed by atoms with Crippen LogP contribution in [0.25, 0.3) is 0 Å². The second-order valence-corrected chi connectivity index (χ2v) is 6.66. The highest BCUT2D eigenvalue weighted by atomic mass is 32.2. The lowest BCUT2D eigenvalue weighted by molar-refractivity contribution is 0.0549. The van der Waals surface area contributed by atoms with E-state index in [9.17, 15) is 13.5 Å². The minimum Gasteiger partial charge on any atom is -0.374 e. The average Bonchev–Trinajstić information content (AvgIpc) is 2.48. The molecular weight excluding hydrogens is 280 g/mol. The van der Waals surface area contributed by atoms with Crippen LogP contribution in [0.3, 0.4) is 0 Å². The lowest BCUT2D eigenvalue weighted by Crippen LogP contribution is -2.49. The summed E-state index contributed by atoms with van der Waals surface area (Å²) in [5.41, 5.74) is -0.533. The van der Waals surface area contributed by atoms with E-state index >= 15 is 0 Å². The van der Waals surface area contributed by atoms with Crippen LogP contribution < -0.4 is 5.90 Å². The Kier molecular flexibility index (Phi) is 5.11. The predicted octanol–water partition coefficient (Wildman–Crippen LogP) is 0.580. The Morgan fingerprint density at radius 2 is 2.05 bits per heavy atom. The summed E-state index contributed by atoms with van der Waals surface area (Å²) in [6.45, 7) is 1.35. The molecule has 1 aromatic carbocycles. The fourth-order valence-electron chi connectivity index (χ4n) is 2.60. The molecule has 7 heteroatoms. The molecule has 0 radical (unpaired) electrons. The van der Waals surface area contributed by atoms with Crippen LogP contribution in [0, 0.1) is 0 Å². The van der Waals surface area contributed by atoms with Crippen molar-refractivity contribution >= 4 is 10.1 Å². The number of piperidine rings is 1. The molecule has 2 atom stereocenters. The summed E-state index contributed by atoms with van der Waals surface area (Å²) in [5, 5.41) is 10.0. The van der Waals surface area contributed by atoms with Gasteiger partial charge in [0.05, 0.1) is 6.04 Å². The normalized spacial score (nSPS) is 22.6. The number of aliphatic hydroxyl groups is 1. The van der Waals surface area contributed by atoms with Gasteiger partial charge in [0.1, 0.15) is 0 Å². The highest BCUT2D eigenvalue weighted by Gasteiger charge is 2.37. The van der Waals surface area contributed by atoms with Gasteiger partial charge in [0.15, 0.2) is 5.44 Å². The molecule has 0 bridgehead atoms. The zero-order valence-corrected chi connectivity index (χ0v) is 12.0. The first kappa shape index (κ1) is 15.4. The summed E-state index contributed by atoms with van der Waals surface area (Å²) in [7, 11) is -4.13. The monoisotopic (exact) mass is 300 g/mol. The molecule has 1 aliphatic rings. The van der Waals surface area contributed by atoms with Crippen LogP contribution >= 0.6 is 0 Å². The largest absolute Gasteiger partial charge is 0.374 e. The Labute approximate surface area is 119 Å². The number of aliphatic hydroxyl groups excluding tert-OH is 1. The first-order valence-corrected chi connectivity index (χ1v) is 8.10. The molecule has 1 saturated heterocycles. The lowest BCUT2D eigenvalue weighted by Gasteiger charge is -2.37. The van der Waals surface area contributed by atoms with Crippen LogP contribution in [0.4, 0.5) is 0 Å². The van der Waals surface area contributed by atoms with E-state index in [2.05, 4.69) is 4.28 Å². The summed E-state index contributed by atoms with van der Waals surface area (Å²) in [5.74, 6) is 4.75.